The molecule has 3 aromatic rings. The fourth-order valence-electron chi connectivity index (χ4n) is 4.62. The highest BCUT2D eigenvalue weighted by Crippen LogP contribution is 2.41. The van der Waals surface area contributed by atoms with Crippen LogP contribution in [0.25, 0.3) is 0 Å². The number of nitriles is 1. The van der Waals surface area contributed by atoms with Crippen molar-refractivity contribution < 1.29 is 14.3 Å². The number of fused-ring (bicyclic) bond motifs is 1. The first-order valence-corrected chi connectivity index (χ1v) is 11.4. The smallest absolute Gasteiger partial charge is 0.241 e. The quantitative estimate of drug-likeness (QED) is 0.497. The Bertz CT molecular complexity index is 1160. The molecule has 1 heterocycles. The third-order valence-electron chi connectivity index (χ3n) is 6.24. The summed E-state index contributed by atoms with van der Waals surface area (Å²) in [6.45, 7) is 1.34. The second kappa shape index (κ2) is 10.9. The Kier molecular flexibility index (Phi) is 7.46. The van der Waals surface area contributed by atoms with Crippen molar-refractivity contribution >= 4 is 11.6 Å². The molecule has 0 spiro atoms. The van der Waals surface area contributed by atoms with Crippen LogP contribution in [0.2, 0.25) is 0 Å². The molecule has 1 amide bonds. The van der Waals surface area contributed by atoms with Gasteiger partial charge in [-0.1, -0.05) is 48.5 Å². The zero-order valence-electron chi connectivity index (χ0n) is 19.6. The zero-order chi connectivity index (χ0) is 23.9. The van der Waals surface area contributed by atoms with E-state index < -0.39 is 0 Å². The van der Waals surface area contributed by atoms with E-state index in [9.17, 15) is 4.79 Å². The lowest BCUT2D eigenvalue weighted by Crippen LogP contribution is -2.45. The molecular formula is C28H29N3O3. The molecule has 1 unspecified atom stereocenters. The Hall–Kier alpha value is -3.82. The van der Waals surface area contributed by atoms with Crippen molar-refractivity contribution in [3.05, 3.63) is 89.5 Å². The van der Waals surface area contributed by atoms with E-state index in [4.69, 9.17) is 14.7 Å². The molecule has 1 atom stereocenters. The molecule has 0 radical (unpaired) electrons. The van der Waals surface area contributed by atoms with E-state index in [0.717, 1.165) is 29.8 Å². The van der Waals surface area contributed by atoms with Gasteiger partial charge in [-0.2, -0.15) is 5.26 Å². The maximum atomic E-state index is 13.6. The van der Waals surface area contributed by atoms with Gasteiger partial charge in [0.25, 0.3) is 0 Å². The van der Waals surface area contributed by atoms with Gasteiger partial charge in [-0.15, -0.1) is 0 Å². The lowest BCUT2D eigenvalue weighted by molar-refractivity contribution is -0.120. The van der Waals surface area contributed by atoms with E-state index in [1.165, 1.54) is 5.56 Å². The lowest BCUT2D eigenvalue weighted by Gasteiger charge is -2.38. The number of rotatable bonds is 8. The SMILES string of the molecule is COc1cc2c(cc1OC)C(c1ccccc1)N(CC(=O)N(CCC#N)c1ccccc1)CC2. The lowest BCUT2D eigenvalue weighted by atomic mass is 9.87. The first-order chi connectivity index (χ1) is 16.7. The molecule has 1 aliphatic heterocycles. The molecule has 0 aromatic heterocycles. The van der Waals surface area contributed by atoms with Crippen molar-refractivity contribution in [2.75, 3.05) is 38.8 Å². The van der Waals surface area contributed by atoms with Crippen LogP contribution in [0.15, 0.2) is 72.8 Å². The maximum Gasteiger partial charge on any atom is 0.241 e. The molecule has 1 aliphatic rings. The molecule has 3 aromatic carbocycles. The molecule has 34 heavy (non-hydrogen) atoms. The van der Waals surface area contributed by atoms with Gasteiger partial charge in [-0.3, -0.25) is 9.69 Å². The molecule has 6 heteroatoms. The normalized spacial score (nSPS) is 15.1. The molecule has 0 aliphatic carbocycles. The van der Waals surface area contributed by atoms with E-state index in [1.807, 2.05) is 60.7 Å². The summed E-state index contributed by atoms with van der Waals surface area (Å²) in [7, 11) is 3.28. The summed E-state index contributed by atoms with van der Waals surface area (Å²) < 4.78 is 11.1. The predicted octanol–water partition coefficient (Wildman–Crippen LogP) is 4.60. The Balaban J connectivity index is 1.69. The number of hydrogen-bond donors (Lipinski definition) is 0. The van der Waals surface area contributed by atoms with Crippen molar-refractivity contribution in [2.45, 2.75) is 18.9 Å². The Morgan fingerprint density at radius 1 is 1.03 bits per heavy atom. The minimum Gasteiger partial charge on any atom is -0.493 e. The standard InChI is InChI=1S/C28H29N3O3/c1-33-25-18-22-14-17-30(20-27(32)31(16-9-15-29)23-12-7-4-8-13-23)28(21-10-5-3-6-11-21)24(22)19-26(25)34-2/h3-8,10-13,18-19,28H,9,14,16-17,20H2,1-2H3. The van der Waals surface area contributed by atoms with Gasteiger partial charge in [-0.25, -0.2) is 0 Å². The van der Waals surface area contributed by atoms with Crippen LogP contribution >= 0.6 is 0 Å². The number of carbonyl (C=O) groups is 1. The topological polar surface area (TPSA) is 65.8 Å². The Morgan fingerprint density at radius 2 is 1.68 bits per heavy atom. The second-order valence-electron chi connectivity index (χ2n) is 8.23. The third-order valence-corrected chi connectivity index (χ3v) is 6.24. The van der Waals surface area contributed by atoms with Crippen molar-refractivity contribution in [1.82, 2.24) is 4.90 Å². The summed E-state index contributed by atoms with van der Waals surface area (Å²) >= 11 is 0. The monoisotopic (exact) mass is 455 g/mol. The summed E-state index contributed by atoms with van der Waals surface area (Å²) in [6, 6.07) is 25.9. The molecule has 0 fully saturated rings. The third kappa shape index (κ3) is 4.90. The minimum atomic E-state index is -0.0951. The number of benzene rings is 3. The fraction of sp³-hybridized carbons (Fsp3) is 0.286. The van der Waals surface area contributed by atoms with E-state index in [2.05, 4.69) is 23.1 Å². The van der Waals surface area contributed by atoms with Crippen molar-refractivity contribution in [2.24, 2.45) is 0 Å². The van der Waals surface area contributed by atoms with Crippen molar-refractivity contribution in [3.8, 4) is 17.6 Å². The maximum absolute atomic E-state index is 13.6. The Labute approximate surface area is 200 Å². The second-order valence-corrected chi connectivity index (χ2v) is 8.23. The van der Waals surface area contributed by atoms with Crippen LogP contribution in [0.5, 0.6) is 11.5 Å². The van der Waals surface area contributed by atoms with Gasteiger partial charge < -0.3 is 14.4 Å². The van der Waals surface area contributed by atoms with Gasteiger partial charge in [0.1, 0.15) is 0 Å². The van der Waals surface area contributed by atoms with Gasteiger partial charge >= 0.3 is 0 Å². The molecule has 4 rings (SSSR count). The van der Waals surface area contributed by atoms with Crippen molar-refractivity contribution in [3.63, 3.8) is 0 Å². The van der Waals surface area contributed by atoms with Crippen molar-refractivity contribution in [1.29, 1.82) is 5.26 Å². The number of anilines is 1. The zero-order valence-corrected chi connectivity index (χ0v) is 19.6. The summed E-state index contributed by atoms with van der Waals surface area (Å²) in [5.41, 5.74) is 4.24. The van der Waals surface area contributed by atoms with Crippen LogP contribution in [0.4, 0.5) is 5.69 Å². The molecule has 6 nitrogen and oxygen atoms in total. The highest BCUT2D eigenvalue weighted by atomic mass is 16.5. The van der Waals surface area contributed by atoms with Crippen LogP contribution in [0, 0.1) is 11.3 Å². The summed E-state index contributed by atoms with van der Waals surface area (Å²) in [6.07, 6.45) is 1.08. The number of hydrogen-bond acceptors (Lipinski definition) is 5. The van der Waals surface area contributed by atoms with Crippen LogP contribution in [0.1, 0.15) is 29.2 Å². The van der Waals surface area contributed by atoms with Crippen LogP contribution in [-0.4, -0.2) is 44.7 Å². The van der Waals surface area contributed by atoms with E-state index in [1.54, 1.807) is 19.1 Å². The van der Waals surface area contributed by atoms with Gasteiger partial charge in [0.15, 0.2) is 11.5 Å². The average molecular weight is 456 g/mol. The molecule has 0 bridgehead atoms. The number of ether oxygens (including phenoxy) is 2. The van der Waals surface area contributed by atoms with Gasteiger partial charge in [0.05, 0.1) is 39.3 Å². The van der Waals surface area contributed by atoms with E-state index >= 15 is 0 Å². The van der Waals surface area contributed by atoms with Gasteiger partial charge in [-0.05, 0) is 47.4 Å². The first kappa shape index (κ1) is 23.3. The number of methoxy groups -OCH3 is 2. The van der Waals surface area contributed by atoms with Gasteiger partial charge in [0, 0.05) is 18.8 Å². The van der Waals surface area contributed by atoms with E-state index in [-0.39, 0.29) is 24.9 Å². The minimum absolute atomic E-state index is 0.0219. The molecule has 174 valence electrons. The van der Waals surface area contributed by atoms with Gasteiger partial charge in [0.2, 0.25) is 5.91 Å². The summed E-state index contributed by atoms with van der Waals surface area (Å²) in [4.78, 5) is 17.5. The molecule has 0 N–H and O–H groups in total. The number of para-hydroxylation sites is 1. The average Bonchev–Trinajstić information content (AvgIpc) is 2.89. The largest absolute Gasteiger partial charge is 0.493 e. The first-order valence-electron chi connectivity index (χ1n) is 11.4. The summed E-state index contributed by atoms with van der Waals surface area (Å²) in [5.74, 6) is 1.37. The molecular weight excluding hydrogens is 426 g/mol. The number of carbonyl (C=O) groups excluding carboxylic acids is 1. The predicted molar refractivity (Wildman–Crippen MR) is 132 cm³/mol. The molecule has 0 saturated carbocycles. The van der Waals surface area contributed by atoms with Crippen LogP contribution in [0.3, 0.4) is 0 Å². The molecule has 0 saturated heterocycles. The highest BCUT2D eigenvalue weighted by molar-refractivity contribution is 5.94. The number of amides is 1. The Morgan fingerprint density at radius 3 is 2.32 bits per heavy atom. The number of nitrogens with zero attached hydrogens (tertiary/aromatic N) is 3. The van der Waals surface area contributed by atoms with Crippen LogP contribution in [-0.2, 0) is 11.2 Å². The fourth-order valence-corrected chi connectivity index (χ4v) is 4.62. The van der Waals surface area contributed by atoms with Crippen LogP contribution < -0.4 is 14.4 Å². The van der Waals surface area contributed by atoms with E-state index in [0.29, 0.717) is 18.0 Å². The summed E-state index contributed by atoms with van der Waals surface area (Å²) in [5, 5.41) is 9.14. The highest BCUT2D eigenvalue weighted by Gasteiger charge is 2.32.